The first kappa shape index (κ1) is 21.8. The fourth-order valence-electron chi connectivity index (χ4n) is 3.39. The summed E-state index contributed by atoms with van der Waals surface area (Å²) in [5.74, 6) is 1.56. The molecule has 4 rings (SSSR count). The number of hydrogen-bond acceptors (Lipinski definition) is 8. The Hall–Kier alpha value is -2.86. The lowest BCUT2D eigenvalue weighted by Gasteiger charge is -2.11. The number of hydrogen-bond donors (Lipinski definition) is 2. The molecule has 1 aromatic heterocycles. The van der Waals surface area contributed by atoms with Crippen molar-refractivity contribution in [3.8, 4) is 34.7 Å². The van der Waals surface area contributed by atoms with Crippen LogP contribution in [0, 0.1) is 11.3 Å². The third kappa shape index (κ3) is 5.00. The van der Waals surface area contributed by atoms with Crippen molar-refractivity contribution >= 4 is 12.1 Å². The Balaban J connectivity index is 0.000000589. The minimum absolute atomic E-state index is 0.00290. The highest BCUT2D eigenvalue weighted by Crippen LogP contribution is 2.32. The van der Waals surface area contributed by atoms with Crippen LogP contribution in [0.1, 0.15) is 37.0 Å². The number of aromatic nitrogens is 2. The molecule has 0 unspecified atom stereocenters. The lowest BCUT2D eigenvalue weighted by molar-refractivity contribution is 0.242. The Morgan fingerprint density at radius 1 is 1.27 bits per heavy atom. The minimum atomic E-state index is 0.00290. The van der Waals surface area contributed by atoms with E-state index in [2.05, 4.69) is 27.0 Å². The average molecular weight is 424 g/mol. The summed E-state index contributed by atoms with van der Waals surface area (Å²) in [5.41, 5.74) is 4.89. The van der Waals surface area contributed by atoms with Crippen LogP contribution in [0.15, 0.2) is 40.9 Å². The van der Waals surface area contributed by atoms with Crippen molar-refractivity contribution in [1.82, 2.24) is 14.9 Å². The van der Waals surface area contributed by atoms with Gasteiger partial charge >= 0.3 is 0 Å². The molecule has 0 spiro atoms. The first-order valence-corrected chi connectivity index (χ1v) is 10.6. The number of aryl methyl sites for hydroxylation is 1. The van der Waals surface area contributed by atoms with Crippen LogP contribution in [0.3, 0.4) is 0 Å². The van der Waals surface area contributed by atoms with Crippen molar-refractivity contribution in [3.05, 3.63) is 53.1 Å². The molecule has 0 aliphatic heterocycles. The lowest BCUT2D eigenvalue weighted by atomic mass is 10.0. The number of benzene rings is 2. The van der Waals surface area contributed by atoms with Crippen molar-refractivity contribution < 1.29 is 9.26 Å². The molecule has 30 heavy (non-hydrogen) atoms. The standard InChI is InChI=1S/C21H19N3O2.CH6N2S/c1-13(2)25-19-10-9-15(11-16(19)12-22)21-23-20(24-26-21)18-8-4-6-14-5-3-7-17(14)18;1-3-4-2/h4,6,8-11,13H,3,5,7H2,1-2H3;3H,2H2,1H3. The second kappa shape index (κ2) is 10.3. The van der Waals surface area contributed by atoms with Crippen LogP contribution in [-0.2, 0) is 12.8 Å². The number of ether oxygens (including phenoxy) is 1. The first-order chi connectivity index (χ1) is 14.6. The summed E-state index contributed by atoms with van der Waals surface area (Å²) in [5, 5.41) is 18.4. The average Bonchev–Trinajstić information content (AvgIpc) is 3.43. The summed E-state index contributed by atoms with van der Waals surface area (Å²) in [6.07, 6.45) is 3.33. The van der Waals surface area contributed by atoms with E-state index >= 15 is 0 Å². The molecule has 0 bridgehead atoms. The monoisotopic (exact) mass is 423 g/mol. The molecule has 156 valence electrons. The maximum Gasteiger partial charge on any atom is 0.258 e. The van der Waals surface area contributed by atoms with Crippen LogP contribution in [-0.4, -0.2) is 23.3 Å². The summed E-state index contributed by atoms with van der Waals surface area (Å²) in [4.78, 5) is 4.57. The summed E-state index contributed by atoms with van der Waals surface area (Å²) >= 11 is 1.11. The van der Waals surface area contributed by atoms with Gasteiger partial charge in [-0.15, -0.1) is 0 Å². The van der Waals surface area contributed by atoms with E-state index in [1.165, 1.54) is 17.5 Å². The zero-order valence-electron chi connectivity index (χ0n) is 17.3. The van der Waals surface area contributed by atoms with E-state index in [4.69, 9.17) is 14.4 Å². The summed E-state index contributed by atoms with van der Waals surface area (Å²) < 4.78 is 13.8. The third-order valence-electron chi connectivity index (χ3n) is 4.64. The van der Waals surface area contributed by atoms with E-state index < -0.39 is 0 Å². The van der Waals surface area contributed by atoms with Gasteiger partial charge in [0.15, 0.2) is 0 Å². The number of fused-ring (bicyclic) bond motifs is 1. The highest BCUT2D eigenvalue weighted by Gasteiger charge is 2.19. The summed E-state index contributed by atoms with van der Waals surface area (Å²) in [6, 6.07) is 13.8. The zero-order chi connectivity index (χ0) is 21.5. The Morgan fingerprint density at radius 2 is 2.07 bits per heavy atom. The fraction of sp³-hybridized carbons (Fsp3) is 0.318. The zero-order valence-corrected chi connectivity index (χ0v) is 18.1. The smallest absolute Gasteiger partial charge is 0.258 e. The van der Waals surface area contributed by atoms with Gasteiger partial charge in [-0.25, -0.2) is 0 Å². The lowest BCUT2D eigenvalue weighted by Crippen LogP contribution is -2.06. The second-order valence-electron chi connectivity index (χ2n) is 7.03. The normalized spacial score (nSPS) is 12.1. The molecule has 0 saturated carbocycles. The van der Waals surface area contributed by atoms with Crippen molar-refractivity contribution in [1.29, 1.82) is 5.26 Å². The Labute approximate surface area is 180 Å². The molecule has 0 radical (unpaired) electrons. The van der Waals surface area contributed by atoms with Gasteiger partial charge in [0.1, 0.15) is 11.8 Å². The molecule has 8 heteroatoms. The molecule has 1 aliphatic rings. The van der Waals surface area contributed by atoms with Gasteiger partial charge in [0, 0.05) is 11.1 Å². The highest BCUT2D eigenvalue weighted by atomic mass is 32.2. The van der Waals surface area contributed by atoms with Crippen molar-refractivity contribution in [2.24, 2.45) is 5.14 Å². The molecule has 0 fully saturated rings. The number of nitrogens with one attached hydrogen (secondary N) is 1. The van der Waals surface area contributed by atoms with E-state index in [9.17, 15) is 5.26 Å². The van der Waals surface area contributed by atoms with Gasteiger partial charge in [-0.05, 0) is 81.6 Å². The van der Waals surface area contributed by atoms with Gasteiger partial charge in [0.25, 0.3) is 5.89 Å². The molecule has 0 amide bonds. The molecule has 7 nitrogen and oxygen atoms in total. The van der Waals surface area contributed by atoms with Crippen LogP contribution < -0.4 is 14.6 Å². The Kier molecular flexibility index (Phi) is 7.46. The van der Waals surface area contributed by atoms with E-state index in [1.54, 1.807) is 19.2 Å². The molecule has 3 N–H and O–H groups in total. The maximum atomic E-state index is 9.40. The van der Waals surface area contributed by atoms with Crippen LogP contribution in [0.2, 0.25) is 0 Å². The van der Waals surface area contributed by atoms with Crippen molar-refractivity contribution in [2.45, 2.75) is 39.2 Å². The molecule has 0 saturated heterocycles. The minimum Gasteiger partial charge on any atom is -0.490 e. The predicted octanol–water partition coefficient (Wildman–Crippen LogP) is 4.28. The highest BCUT2D eigenvalue weighted by molar-refractivity contribution is 7.95. The predicted molar refractivity (Wildman–Crippen MR) is 119 cm³/mol. The van der Waals surface area contributed by atoms with Gasteiger partial charge in [-0.3, -0.25) is 9.86 Å². The van der Waals surface area contributed by atoms with E-state index in [1.807, 2.05) is 32.0 Å². The fourth-order valence-corrected chi connectivity index (χ4v) is 3.39. The van der Waals surface area contributed by atoms with Gasteiger partial charge in [0.05, 0.1) is 11.7 Å². The van der Waals surface area contributed by atoms with Crippen LogP contribution in [0.25, 0.3) is 22.8 Å². The molecule has 3 aromatic rings. The van der Waals surface area contributed by atoms with Crippen LogP contribution in [0.4, 0.5) is 0 Å². The van der Waals surface area contributed by atoms with Crippen LogP contribution in [0.5, 0.6) is 5.75 Å². The number of nitrogens with zero attached hydrogens (tertiary/aromatic N) is 3. The van der Waals surface area contributed by atoms with Crippen LogP contribution >= 0.6 is 12.1 Å². The second-order valence-corrected chi connectivity index (χ2v) is 7.68. The SMILES string of the molecule is CC(C)Oc1ccc(-c2nc(-c3cccc4c3CCC4)no2)cc1C#N.CNSN. The maximum absolute atomic E-state index is 9.40. The quantitative estimate of drug-likeness (QED) is 0.585. The van der Waals surface area contributed by atoms with E-state index in [0.717, 1.165) is 30.5 Å². The number of nitriles is 1. The summed E-state index contributed by atoms with van der Waals surface area (Å²) in [7, 11) is 1.77. The van der Waals surface area contributed by atoms with Crippen molar-refractivity contribution in [3.63, 3.8) is 0 Å². The topological polar surface area (TPSA) is 110 Å². The molecular formula is C22H25N5O2S. The van der Waals surface area contributed by atoms with E-state index in [-0.39, 0.29) is 6.10 Å². The van der Waals surface area contributed by atoms with Gasteiger partial charge in [-0.2, -0.15) is 10.2 Å². The van der Waals surface area contributed by atoms with Crippen molar-refractivity contribution in [2.75, 3.05) is 7.05 Å². The largest absolute Gasteiger partial charge is 0.490 e. The Bertz CT molecular complexity index is 1040. The first-order valence-electron chi connectivity index (χ1n) is 9.75. The number of nitrogens with two attached hydrogens (primary N) is 1. The van der Waals surface area contributed by atoms with Gasteiger partial charge in [-0.1, -0.05) is 23.4 Å². The molecular weight excluding hydrogens is 398 g/mol. The Morgan fingerprint density at radius 3 is 2.77 bits per heavy atom. The van der Waals surface area contributed by atoms with Gasteiger partial charge in [0.2, 0.25) is 5.82 Å². The number of rotatable bonds is 5. The molecule has 0 atom stereocenters. The molecule has 2 aromatic carbocycles. The molecule has 1 heterocycles. The van der Waals surface area contributed by atoms with Gasteiger partial charge < -0.3 is 9.26 Å². The summed E-state index contributed by atoms with van der Waals surface area (Å²) in [6.45, 7) is 3.86. The molecule has 1 aliphatic carbocycles. The third-order valence-corrected chi connectivity index (χ3v) is 4.88. The van der Waals surface area contributed by atoms with E-state index in [0.29, 0.717) is 28.6 Å².